The molecule has 0 radical (unpaired) electrons. The van der Waals surface area contributed by atoms with E-state index in [2.05, 4.69) is 25.3 Å². The van der Waals surface area contributed by atoms with Crippen molar-refractivity contribution < 1.29 is 23.8 Å². The number of methoxy groups -OCH3 is 1. The lowest BCUT2D eigenvalue weighted by molar-refractivity contribution is -0.129. The second-order valence-corrected chi connectivity index (χ2v) is 7.61. The van der Waals surface area contributed by atoms with E-state index < -0.39 is 11.9 Å². The third-order valence-corrected chi connectivity index (χ3v) is 5.88. The van der Waals surface area contributed by atoms with Gasteiger partial charge in [-0.15, -0.1) is 11.3 Å². The zero-order valence-corrected chi connectivity index (χ0v) is 17.5. The van der Waals surface area contributed by atoms with Crippen LogP contribution in [0.5, 0.6) is 17.2 Å². The lowest BCUT2D eigenvalue weighted by Crippen LogP contribution is -2.04. The summed E-state index contributed by atoms with van der Waals surface area (Å²) in [4.78, 5) is 23.0. The lowest BCUT2D eigenvalue weighted by Gasteiger charge is -2.08. The molecule has 0 fully saturated rings. The molecule has 3 aromatic carbocycles. The molecule has 5 nitrogen and oxygen atoms in total. The minimum absolute atomic E-state index is 0.358. The highest BCUT2D eigenvalue weighted by atomic mass is 32.1. The molecule has 0 N–H and O–H groups in total. The predicted molar refractivity (Wildman–Crippen MR) is 123 cm³/mol. The summed E-state index contributed by atoms with van der Waals surface area (Å²) < 4.78 is 18.0. The van der Waals surface area contributed by atoms with Gasteiger partial charge in [-0.3, -0.25) is 0 Å². The molecule has 6 heteroatoms. The lowest BCUT2D eigenvalue weighted by atomic mass is 10.0. The Morgan fingerprint density at radius 2 is 1.48 bits per heavy atom. The summed E-state index contributed by atoms with van der Waals surface area (Å²) in [5, 5.41) is 2.11. The van der Waals surface area contributed by atoms with E-state index in [-0.39, 0.29) is 0 Å². The molecule has 0 saturated heterocycles. The normalized spacial score (nSPS) is 10.6. The molecular weight excluding hydrogens is 412 g/mol. The average molecular weight is 430 g/mol. The number of ether oxygens (including phenoxy) is 3. The molecule has 4 rings (SSSR count). The van der Waals surface area contributed by atoms with Crippen molar-refractivity contribution in [2.24, 2.45) is 0 Å². The minimum Gasteiger partial charge on any atom is -0.491 e. The Balaban J connectivity index is 1.74. The number of hydrogen-bond donors (Lipinski definition) is 0. The molecule has 4 aromatic rings. The Labute approximate surface area is 182 Å². The van der Waals surface area contributed by atoms with Crippen LogP contribution in [-0.2, 0) is 9.59 Å². The maximum Gasteiger partial charge on any atom is 0.335 e. The standard InChI is InChI=1S/C25H18O5S/c1-4-22(26)29-17-9-6-15(7-10-17)16-8-11-18-19-12-13-20(30-23(27)5-2)24(28-3)25(19)31-21(18)14-16/h4-14H,1-2H2,3H3. The van der Waals surface area contributed by atoms with Crippen LogP contribution in [0.1, 0.15) is 0 Å². The highest BCUT2D eigenvalue weighted by molar-refractivity contribution is 7.26. The van der Waals surface area contributed by atoms with Gasteiger partial charge in [0, 0.05) is 27.6 Å². The summed E-state index contributed by atoms with van der Waals surface area (Å²) in [6, 6.07) is 17.1. The van der Waals surface area contributed by atoms with E-state index in [1.165, 1.54) is 0 Å². The van der Waals surface area contributed by atoms with Gasteiger partial charge in [-0.2, -0.15) is 0 Å². The number of carbonyl (C=O) groups is 2. The molecule has 0 unspecified atom stereocenters. The molecule has 1 heterocycles. The number of hydrogen-bond acceptors (Lipinski definition) is 6. The van der Waals surface area contributed by atoms with Gasteiger partial charge in [-0.1, -0.05) is 37.4 Å². The zero-order valence-electron chi connectivity index (χ0n) is 16.7. The van der Waals surface area contributed by atoms with Crippen LogP contribution in [0.15, 0.2) is 79.9 Å². The third-order valence-electron chi connectivity index (χ3n) is 4.71. The molecule has 0 atom stereocenters. The van der Waals surface area contributed by atoms with Crippen LogP contribution in [0.3, 0.4) is 0 Å². The SMILES string of the molecule is C=CC(=O)Oc1ccc(-c2ccc3c(c2)sc2c(OC)c(OC(=O)C=C)ccc23)cc1. The number of esters is 2. The van der Waals surface area contributed by atoms with E-state index >= 15 is 0 Å². The molecule has 0 amide bonds. The van der Waals surface area contributed by atoms with Crippen molar-refractivity contribution in [1.29, 1.82) is 0 Å². The molecule has 0 bridgehead atoms. The van der Waals surface area contributed by atoms with Crippen LogP contribution in [0, 0.1) is 0 Å². The van der Waals surface area contributed by atoms with Gasteiger partial charge in [0.2, 0.25) is 0 Å². The second-order valence-electron chi connectivity index (χ2n) is 6.56. The van der Waals surface area contributed by atoms with Gasteiger partial charge in [-0.05, 0) is 41.5 Å². The first-order chi connectivity index (χ1) is 15.0. The Morgan fingerprint density at radius 1 is 0.839 bits per heavy atom. The highest BCUT2D eigenvalue weighted by Gasteiger charge is 2.16. The summed E-state index contributed by atoms with van der Waals surface area (Å²) in [6.07, 6.45) is 2.24. The van der Waals surface area contributed by atoms with Crippen LogP contribution in [0.2, 0.25) is 0 Å². The summed E-state index contributed by atoms with van der Waals surface area (Å²) in [6.45, 7) is 6.82. The second kappa shape index (κ2) is 8.45. The van der Waals surface area contributed by atoms with Crippen molar-refractivity contribution in [3.8, 4) is 28.4 Å². The fraction of sp³-hybridized carbons (Fsp3) is 0.0400. The number of rotatable bonds is 6. The molecule has 0 aliphatic heterocycles. The first-order valence-corrected chi connectivity index (χ1v) is 10.2. The molecule has 0 aliphatic carbocycles. The third kappa shape index (κ3) is 3.93. The zero-order chi connectivity index (χ0) is 22.0. The number of benzene rings is 3. The molecule has 154 valence electrons. The molecule has 0 saturated carbocycles. The highest BCUT2D eigenvalue weighted by Crippen LogP contribution is 2.45. The van der Waals surface area contributed by atoms with Crippen LogP contribution < -0.4 is 14.2 Å². The first-order valence-electron chi connectivity index (χ1n) is 9.36. The van der Waals surface area contributed by atoms with Gasteiger partial charge < -0.3 is 14.2 Å². The van der Waals surface area contributed by atoms with E-state index in [0.717, 1.165) is 43.5 Å². The number of thiophene rings is 1. The van der Waals surface area contributed by atoms with Gasteiger partial charge in [0.25, 0.3) is 0 Å². The van der Waals surface area contributed by atoms with Crippen molar-refractivity contribution in [3.05, 3.63) is 79.9 Å². The van der Waals surface area contributed by atoms with Crippen molar-refractivity contribution in [2.75, 3.05) is 7.11 Å². The van der Waals surface area contributed by atoms with Crippen LogP contribution in [-0.4, -0.2) is 19.0 Å². The van der Waals surface area contributed by atoms with E-state index in [0.29, 0.717) is 17.2 Å². The van der Waals surface area contributed by atoms with Crippen LogP contribution in [0.4, 0.5) is 0 Å². The van der Waals surface area contributed by atoms with Crippen LogP contribution in [0.25, 0.3) is 31.3 Å². The summed E-state index contributed by atoms with van der Waals surface area (Å²) in [7, 11) is 1.55. The number of carbonyl (C=O) groups excluding carboxylic acids is 2. The fourth-order valence-electron chi connectivity index (χ4n) is 3.27. The van der Waals surface area contributed by atoms with E-state index in [1.807, 2.05) is 24.3 Å². The smallest absolute Gasteiger partial charge is 0.335 e. The van der Waals surface area contributed by atoms with Crippen molar-refractivity contribution in [2.45, 2.75) is 0 Å². The van der Waals surface area contributed by atoms with Gasteiger partial charge in [0.05, 0.1) is 11.8 Å². The average Bonchev–Trinajstić information content (AvgIpc) is 3.17. The fourth-order valence-corrected chi connectivity index (χ4v) is 4.53. The largest absolute Gasteiger partial charge is 0.491 e. The summed E-state index contributed by atoms with van der Waals surface area (Å²) in [5.74, 6) is 0.304. The topological polar surface area (TPSA) is 61.8 Å². The maximum atomic E-state index is 11.6. The van der Waals surface area contributed by atoms with Gasteiger partial charge in [0.15, 0.2) is 11.5 Å². The quantitative estimate of drug-likeness (QED) is 0.216. The molecule has 0 spiro atoms. The molecule has 1 aromatic heterocycles. The Morgan fingerprint density at radius 3 is 2.16 bits per heavy atom. The van der Waals surface area contributed by atoms with Gasteiger partial charge >= 0.3 is 11.9 Å². The minimum atomic E-state index is -0.539. The maximum absolute atomic E-state index is 11.6. The predicted octanol–water partition coefficient (Wildman–Crippen LogP) is 5.91. The molecular formula is C25H18O5S. The van der Waals surface area contributed by atoms with Crippen molar-refractivity contribution >= 4 is 43.4 Å². The van der Waals surface area contributed by atoms with E-state index in [1.54, 1.807) is 36.6 Å². The molecule has 0 aliphatic rings. The van der Waals surface area contributed by atoms with Gasteiger partial charge in [-0.25, -0.2) is 9.59 Å². The summed E-state index contributed by atoms with van der Waals surface area (Å²) >= 11 is 1.56. The van der Waals surface area contributed by atoms with Gasteiger partial charge in [0.1, 0.15) is 5.75 Å². The van der Waals surface area contributed by atoms with E-state index in [4.69, 9.17) is 14.2 Å². The van der Waals surface area contributed by atoms with Crippen molar-refractivity contribution in [3.63, 3.8) is 0 Å². The Hall–Kier alpha value is -3.90. The number of fused-ring (bicyclic) bond motifs is 3. The van der Waals surface area contributed by atoms with Crippen LogP contribution >= 0.6 is 11.3 Å². The first kappa shape index (κ1) is 20.4. The Bertz CT molecular complexity index is 1330. The van der Waals surface area contributed by atoms with Crippen molar-refractivity contribution in [1.82, 2.24) is 0 Å². The monoisotopic (exact) mass is 430 g/mol. The molecule has 31 heavy (non-hydrogen) atoms. The Kier molecular flexibility index (Phi) is 5.56. The summed E-state index contributed by atoms with van der Waals surface area (Å²) in [5.41, 5.74) is 2.02. The van der Waals surface area contributed by atoms with E-state index in [9.17, 15) is 9.59 Å².